The molecule has 1 aliphatic heterocycles. The van der Waals surface area contributed by atoms with Crippen LogP contribution >= 0.6 is 11.3 Å². The van der Waals surface area contributed by atoms with Gasteiger partial charge in [0.2, 0.25) is 0 Å². The van der Waals surface area contributed by atoms with Crippen molar-refractivity contribution in [1.29, 1.82) is 0 Å². The summed E-state index contributed by atoms with van der Waals surface area (Å²) in [6.45, 7) is 6.48. The van der Waals surface area contributed by atoms with Crippen LogP contribution in [0, 0.1) is 0 Å². The number of carbonyl (C=O) groups is 1. The van der Waals surface area contributed by atoms with Crippen molar-refractivity contribution < 1.29 is 9.53 Å². The van der Waals surface area contributed by atoms with Crippen molar-refractivity contribution in [1.82, 2.24) is 9.80 Å². The fourth-order valence-electron chi connectivity index (χ4n) is 3.19. The van der Waals surface area contributed by atoms with Gasteiger partial charge in [0.15, 0.2) is 0 Å². The highest BCUT2D eigenvalue weighted by Crippen LogP contribution is 2.20. The monoisotopic (exact) mass is 358 g/mol. The topological polar surface area (TPSA) is 32.8 Å². The van der Waals surface area contributed by atoms with Crippen LogP contribution in [0.4, 0.5) is 0 Å². The van der Waals surface area contributed by atoms with Crippen LogP contribution in [0.5, 0.6) is 5.75 Å². The predicted octanol–water partition coefficient (Wildman–Crippen LogP) is 3.67. The number of carbonyl (C=O) groups excluding carboxylic acids is 1. The zero-order valence-corrected chi connectivity index (χ0v) is 15.8. The molecule has 4 nitrogen and oxygen atoms in total. The fourth-order valence-corrected chi connectivity index (χ4v) is 4.16. The van der Waals surface area contributed by atoms with Crippen molar-refractivity contribution in [2.45, 2.75) is 26.3 Å². The van der Waals surface area contributed by atoms with Crippen molar-refractivity contribution in [2.75, 3.05) is 33.3 Å². The molecule has 0 saturated carbocycles. The number of benzene rings is 1. The molecule has 0 spiro atoms. The summed E-state index contributed by atoms with van der Waals surface area (Å²) >= 11 is 1.70. The SMILES string of the molecule is CCCc1cc(C(=O)N2CCN(Cc3cccc(OC)c3)CC2)cs1. The van der Waals surface area contributed by atoms with E-state index in [4.69, 9.17) is 4.74 Å². The molecule has 0 unspecified atom stereocenters. The minimum Gasteiger partial charge on any atom is -0.497 e. The van der Waals surface area contributed by atoms with Crippen LogP contribution in [0.25, 0.3) is 0 Å². The molecule has 0 N–H and O–H groups in total. The molecule has 0 radical (unpaired) electrons. The number of hydrogen-bond acceptors (Lipinski definition) is 4. The van der Waals surface area contributed by atoms with Crippen LogP contribution in [-0.4, -0.2) is 49.0 Å². The number of ether oxygens (including phenoxy) is 1. The van der Waals surface area contributed by atoms with E-state index in [9.17, 15) is 4.79 Å². The van der Waals surface area contributed by atoms with Gasteiger partial charge in [0.05, 0.1) is 12.7 Å². The van der Waals surface area contributed by atoms with E-state index in [1.165, 1.54) is 10.4 Å². The van der Waals surface area contributed by atoms with E-state index in [0.29, 0.717) is 0 Å². The molecule has 134 valence electrons. The summed E-state index contributed by atoms with van der Waals surface area (Å²) < 4.78 is 5.29. The molecule has 0 atom stereocenters. The van der Waals surface area contributed by atoms with Gasteiger partial charge in [0.25, 0.3) is 5.91 Å². The van der Waals surface area contributed by atoms with Gasteiger partial charge in [-0.15, -0.1) is 11.3 Å². The quantitative estimate of drug-likeness (QED) is 0.790. The zero-order chi connectivity index (χ0) is 17.6. The molecule has 1 aliphatic rings. The normalized spacial score (nSPS) is 15.4. The van der Waals surface area contributed by atoms with E-state index in [0.717, 1.165) is 56.9 Å². The predicted molar refractivity (Wildman–Crippen MR) is 102 cm³/mol. The molecule has 0 bridgehead atoms. The molecule has 2 aromatic rings. The van der Waals surface area contributed by atoms with Crippen molar-refractivity contribution in [2.24, 2.45) is 0 Å². The van der Waals surface area contributed by atoms with E-state index in [1.807, 2.05) is 22.4 Å². The van der Waals surface area contributed by atoms with Crippen LogP contribution in [0.3, 0.4) is 0 Å². The molecule has 2 heterocycles. The number of amides is 1. The van der Waals surface area contributed by atoms with Crippen LogP contribution in [0.1, 0.15) is 34.1 Å². The average molecular weight is 359 g/mol. The van der Waals surface area contributed by atoms with Crippen LogP contribution in [0.2, 0.25) is 0 Å². The maximum atomic E-state index is 12.7. The molecule has 1 saturated heterocycles. The second kappa shape index (κ2) is 8.50. The second-order valence-electron chi connectivity index (χ2n) is 6.47. The summed E-state index contributed by atoms with van der Waals surface area (Å²) in [5, 5.41) is 2.01. The first-order valence-corrected chi connectivity index (χ1v) is 9.79. The summed E-state index contributed by atoms with van der Waals surface area (Å²) in [6, 6.07) is 10.3. The molecule has 0 aliphatic carbocycles. The van der Waals surface area contributed by atoms with Crippen LogP contribution in [-0.2, 0) is 13.0 Å². The number of rotatable bonds is 6. The highest BCUT2D eigenvalue weighted by atomic mass is 32.1. The zero-order valence-electron chi connectivity index (χ0n) is 15.0. The van der Waals surface area contributed by atoms with Gasteiger partial charge in [-0.25, -0.2) is 0 Å². The maximum absolute atomic E-state index is 12.7. The van der Waals surface area contributed by atoms with Gasteiger partial charge < -0.3 is 9.64 Å². The average Bonchev–Trinajstić information content (AvgIpc) is 3.11. The third-order valence-electron chi connectivity index (χ3n) is 4.60. The Balaban J connectivity index is 1.53. The van der Waals surface area contributed by atoms with Gasteiger partial charge in [-0.1, -0.05) is 25.5 Å². The largest absolute Gasteiger partial charge is 0.497 e. The first-order chi connectivity index (χ1) is 12.2. The first kappa shape index (κ1) is 18.0. The lowest BCUT2D eigenvalue weighted by molar-refractivity contribution is 0.0629. The Labute approximate surface area is 154 Å². The maximum Gasteiger partial charge on any atom is 0.254 e. The summed E-state index contributed by atoms with van der Waals surface area (Å²) in [5.41, 5.74) is 2.11. The highest BCUT2D eigenvalue weighted by Gasteiger charge is 2.23. The molecule has 3 rings (SSSR count). The molecule has 5 heteroatoms. The summed E-state index contributed by atoms with van der Waals surface area (Å²) in [5.74, 6) is 1.08. The number of aryl methyl sites for hydroxylation is 1. The smallest absolute Gasteiger partial charge is 0.254 e. The second-order valence-corrected chi connectivity index (χ2v) is 7.47. The number of nitrogens with zero attached hydrogens (tertiary/aromatic N) is 2. The lowest BCUT2D eigenvalue weighted by Gasteiger charge is -2.34. The first-order valence-electron chi connectivity index (χ1n) is 8.91. The van der Waals surface area contributed by atoms with Gasteiger partial charge in [-0.3, -0.25) is 9.69 Å². The molecule has 1 aromatic heterocycles. The van der Waals surface area contributed by atoms with Crippen molar-refractivity contribution in [3.05, 3.63) is 51.7 Å². The van der Waals surface area contributed by atoms with Gasteiger partial charge in [0, 0.05) is 43.0 Å². The molecular formula is C20H26N2O2S. The highest BCUT2D eigenvalue weighted by molar-refractivity contribution is 7.10. The summed E-state index contributed by atoms with van der Waals surface area (Å²) in [4.78, 5) is 18.4. The summed E-state index contributed by atoms with van der Waals surface area (Å²) in [6.07, 6.45) is 2.18. The lowest BCUT2D eigenvalue weighted by Crippen LogP contribution is -2.48. The van der Waals surface area contributed by atoms with Gasteiger partial charge >= 0.3 is 0 Å². The van der Waals surface area contributed by atoms with Gasteiger partial charge in [0.1, 0.15) is 5.75 Å². The van der Waals surface area contributed by atoms with E-state index in [-0.39, 0.29) is 5.91 Å². The molecule has 1 aromatic carbocycles. The third kappa shape index (κ3) is 4.61. The summed E-state index contributed by atoms with van der Waals surface area (Å²) in [7, 11) is 1.69. The van der Waals surface area contributed by atoms with Gasteiger partial charge in [-0.2, -0.15) is 0 Å². The third-order valence-corrected chi connectivity index (χ3v) is 5.59. The molecule has 1 amide bonds. The number of hydrogen-bond donors (Lipinski definition) is 0. The minimum atomic E-state index is 0.180. The van der Waals surface area contributed by atoms with E-state index in [1.54, 1.807) is 18.4 Å². The number of methoxy groups -OCH3 is 1. The molecule has 25 heavy (non-hydrogen) atoms. The molecule has 1 fully saturated rings. The number of piperazine rings is 1. The Morgan fingerprint density at radius 1 is 1.20 bits per heavy atom. The van der Waals surface area contributed by atoms with Crippen LogP contribution in [0.15, 0.2) is 35.7 Å². The van der Waals surface area contributed by atoms with Crippen molar-refractivity contribution >= 4 is 17.2 Å². The standard InChI is InChI=1S/C20H26N2O2S/c1-3-5-19-13-17(15-25-19)20(23)22-10-8-21(9-11-22)14-16-6-4-7-18(12-16)24-2/h4,6-7,12-13,15H,3,5,8-11,14H2,1-2H3. The fraction of sp³-hybridized carbons (Fsp3) is 0.450. The number of thiophene rings is 1. The van der Waals surface area contributed by atoms with Crippen LogP contribution < -0.4 is 4.74 Å². The molecular weight excluding hydrogens is 332 g/mol. The Kier molecular flexibility index (Phi) is 6.10. The van der Waals surface area contributed by atoms with E-state index < -0.39 is 0 Å². The van der Waals surface area contributed by atoms with Crippen molar-refractivity contribution in [3.8, 4) is 5.75 Å². The Bertz CT molecular complexity index is 705. The van der Waals surface area contributed by atoms with Gasteiger partial charge in [-0.05, 0) is 30.2 Å². The van der Waals surface area contributed by atoms with E-state index >= 15 is 0 Å². The minimum absolute atomic E-state index is 0.180. The Morgan fingerprint density at radius 3 is 2.72 bits per heavy atom. The Morgan fingerprint density at radius 2 is 2.00 bits per heavy atom. The Hall–Kier alpha value is -1.85. The van der Waals surface area contributed by atoms with E-state index in [2.05, 4.69) is 30.0 Å². The lowest BCUT2D eigenvalue weighted by atomic mass is 10.1. The van der Waals surface area contributed by atoms with Crippen molar-refractivity contribution in [3.63, 3.8) is 0 Å².